The molecule has 0 atom stereocenters. The Morgan fingerprint density at radius 2 is 1.72 bits per heavy atom. The van der Waals surface area contributed by atoms with Crippen molar-refractivity contribution in [2.75, 3.05) is 36.8 Å². The molecule has 0 aliphatic carbocycles. The topological polar surface area (TPSA) is 70.6 Å². The standard InChI is InChI=1S/C22H26ClN3O3S2.ClH/c1-3-25(4-2)14-15-26(22-24-21-18(23)11-8-12-19(21)30-22)20(27)13-16-31(28,29)17-9-6-5-7-10-17;/h5-12H,3-4,13-16H2,1-2H3;1H. The summed E-state index contributed by atoms with van der Waals surface area (Å²) in [5.41, 5.74) is 0.654. The van der Waals surface area contributed by atoms with E-state index in [4.69, 9.17) is 11.6 Å². The molecule has 6 nitrogen and oxygen atoms in total. The quantitative estimate of drug-likeness (QED) is 0.383. The summed E-state index contributed by atoms with van der Waals surface area (Å²) in [7, 11) is -3.54. The number of carbonyl (C=O) groups is 1. The third kappa shape index (κ3) is 6.42. The van der Waals surface area contributed by atoms with Crippen LogP contribution in [0.1, 0.15) is 20.3 Å². The van der Waals surface area contributed by atoms with Gasteiger partial charge in [-0.05, 0) is 37.4 Å². The van der Waals surface area contributed by atoms with E-state index in [9.17, 15) is 13.2 Å². The lowest BCUT2D eigenvalue weighted by molar-refractivity contribution is -0.118. The Hall–Kier alpha value is -1.71. The van der Waals surface area contributed by atoms with Crippen LogP contribution in [0.4, 0.5) is 5.13 Å². The van der Waals surface area contributed by atoms with E-state index in [2.05, 4.69) is 23.7 Å². The molecule has 0 aliphatic rings. The molecule has 0 unspecified atom stereocenters. The SMILES string of the molecule is CCN(CC)CCN(C(=O)CCS(=O)(=O)c1ccccc1)c1nc2c(Cl)cccc2s1.Cl. The fraction of sp³-hybridized carbons (Fsp3) is 0.364. The van der Waals surface area contributed by atoms with E-state index < -0.39 is 9.84 Å². The summed E-state index contributed by atoms with van der Waals surface area (Å²) < 4.78 is 26.2. The average molecular weight is 517 g/mol. The molecule has 0 radical (unpaired) electrons. The van der Waals surface area contributed by atoms with Crippen molar-refractivity contribution in [1.82, 2.24) is 9.88 Å². The van der Waals surface area contributed by atoms with Crippen LogP contribution in [-0.2, 0) is 14.6 Å². The maximum absolute atomic E-state index is 13.1. The zero-order valence-electron chi connectivity index (χ0n) is 18.0. The molecule has 0 bridgehead atoms. The van der Waals surface area contributed by atoms with E-state index in [-0.39, 0.29) is 35.4 Å². The summed E-state index contributed by atoms with van der Waals surface area (Å²) in [6, 6.07) is 13.7. The van der Waals surface area contributed by atoms with Crippen LogP contribution >= 0.6 is 35.3 Å². The second-order valence-electron chi connectivity index (χ2n) is 7.04. The molecule has 0 N–H and O–H groups in total. The molecule has 0 fully saturated rings. The minimum Gasteiger partial charge on any atom is -0.302 e. The van der Waals surface area contributed by atoms with Gasteiger partial charge < -0.3 is 4.90 Å². The Morgan fingerprint density at radius 3 is 2.34 bits per heavy atom. The molecule has 0 aliphatic heterocycles. The highest BCUT2D eigenvalue weighted by Crippen LogP contribution is 2.33. The van der Waals surface area contributed by atoms with Crippen LogP contribution in [0.3, 0.4) is 0 Å². The number of likely N-dealkylation sites (N-methyl/N-ethyl adjacent to an activating group) is 1. The van der Waals surface area contributed by atoms with Gasteiger partial charge in [0.05, 0.1) is 20.4 Å². The minimum absolute atomic E-state index is 0. The highest BCUT2D eigenvalue weighted by molar-refractivity contribution is 7.91. The predicted molar refractivity (Wildman–Crippen MR) is 135 cm³/mol. The third-order valence-electron chi connectivity index (χ3n) is 5.11. The first-order chi connectivity index (χ1) is 14.9. The summed E-state index contributed by atoms with van der Waals surface area (Å²) in [5, 5.41) is 1.07. The molecule has 174 valence electrons. The molecule has 1 heterocycles. The molecule has 3 rings (SSSR count). The van der Waals surface area contributed by atoms with Gasteiger partial charge in [-0.1, -0.05) is 61.1 Å². The number of carbonyl (C=O) groups excluding carboxylic acids is 1. The number of para-hydroxylation sites is 1. The smallest absolute Gasteiger partial charge is 0.229 e. The van der Waals surface area contributed by atoms with Crippen LogP contribution < -0.4 is 4.90 Å². The second-order valence-corrected chi connectivity index (χ2v) is 10.6. The first kappa shape index (κ1) is 26.5. The minimum atomic E-state index is -3.54. The molecule has 3 aromatic rings. The third-order valence-corrected chi connectivity index (χ3v) is 8.19. The van der Waals surface area contributed by atoms with Crippen LogP contribution in [0.2, 0.25) is 5.02 Å². The van der Waals surface area contributed by atoms with Gasteiger partial charge in [0.2, 0.25) is 5.91 Å². The Labute approximate surface area is 204 Å². The van der Waals surface area contributed by atoms with Gasteiger partial charge >= 0.3 is 0 Å². The van der Waals surface area contributed by atoms with Crippen LogP contribution in [0.5, 0.6) is 0 Å². The molecule has 2 aromatic carbocycles. The summed E-state index contributed by atoms with van der Waals surface area (Å²) in [4.78, 5) is 21.8. The first-order valence-electron chi connectivity index (χ1n) is 10.2. The fourth-order valence-electron chi connectivity index (χ4n) is 3.23. The van der Waals surface area contributed by atoms with E-state index >= 15 is 0 Å². The van der Waals surface area contributed by atoms with Crippen LogP contribution in [0.15, 0.2) is 53.4 Å². The number of fused-ring (bicyclic) bond motifs is 1. The van der Waals surface area contributed by atoms with E-state index in [1.807, 2.05) is 12.1 Å². The van der Waals surface area contributed by atoms with E-state index in [1.54, 1.807) is 41.3 Å². The monoisotopic (exact) mass is 515 g/mol. The van der Waals surface area contributed by atoms with E-state index in [0.717, 1.165) is 17.8 Å². The number of hydrogen-bond donors (Lipinski definition) is 0. The normalized spacial score (nSPS) is 11.5. The molecule has 10 heteroatoms. The lowest BCUT2D eigenvalue weighted by Crippen LogP contribution is -2.39. The number of nitrogens with zero attached hydrogens (tertiary/aromatic N) is 3. The molecular weight excluding hydrogens is 489 g/mol. The van der Waals surface area contributed by atoms with Crippen molar-refractivity contribution in [1.29, 1.82) is 0 Å². The molecule has 0 saturated carbocycles. The van der Waals surface area contributed by atoms with Gasteiger partial charge in [-0.3, -0.25) is 9.69 Å². The van der Waals surface area contributed by atoms with Crippen molar-refractivity contribution >= 4 is 66.4 Å². The summed E-state index contributed by atoms with van der Waals surface area (Å²) in [6.07, 6.45) is -0.112. The zero-order valence-corrected chi connectivity index (χ0v) is 21.2. The van der Waals surface area contributed by atoms with Gasteiger partial charge in [0.1, 0.15) is 5.52 Å². The summed E-state index contributed by atoms with van der Waals surface area (Å²) in [6.45, 7) is 6.98. The fourth-order valence-corrected chi connectivity index (χ4v) is 5.79. The molecule has 0 saturated heterocycles. The van der Waals surface area contributed by atoms with E-state index in [1.165, 1.54) is 11.3 Å². The van der Waals surface area contributed by atoms with Crippen LogP contribution in [0, 0.1) is 0 Å². The number of amides is 1. The van der Waals surface area contributed by atoms with Crippen molar-refractivity contribution in [2.45, 2.75) is 25.2 Å². The molecular formula is C22H27Cl2N3O3S2. The number of benzene rings is 2. The van der Waals surface area contributed by atoms with Gasteiger partial charge in [-0.25, -0.2) is 13.4 Å². The zero-order chi connectivity index (χ0) is 22.4. The maximum Gasteiger partial charge on any atom is 0.229 e. The van der Waals surface area contributed by atoms with Crippen LogP contribution in [0.25, 0.3) is 10.2 Å². The van der Waals surface area contributed by atoms with Gasteiger partial charge in [-0.15, -0.1) is 12.4 Å². The Bertz CT molecular complexity index is 1130. The summed E-state index contributed by atoms with van der Waals surface area (Å²) >= 11 is 7.66. The number of hydrogen-bond acceptors (Lipinski definition) is 6. The van der Waals surface area contributed by atoms with E-state index in [0.29, 0.717) is 28.8 Å². The lowest BCUT2D eigenvalue weighted by atomic mass is 10.3. The predicted octanol–water partition coefficient (Wildman–Crippen LogP) is 4.91. The van der Waals surface area contributed by atoms with Gasteiger partial charge in [0, 0.05) is 19.5 Å². The lowest BCUT2D eigenvalue weighted by Gasteiger charge is -2.24. The van der Waals surface area contributed by atoms with Crippen molar-refractivity contribution in [2.24, 2.45) is 0 Å². The average Bonchev–Trinajstić information content (AvgIpc) is 3.21. The second kappa shape index (κ2) is 12.0. The Balaban J connectivity index is 0.00000363. The highest BCUT2D eigenvalue weighted by atomic mass is 35.5. The number of aromatic nitrogens is 1. The van der Waals surface area contributed by atoms with Crippen molar-refractivity contribution in [3.05, 3.63) is 53.6 Å². The van der Waals surface area contributed by atoms with Gasteiger partial charge in [0.25, 0.3) is 0 Å². The molecule has 32 heavy (non-hydrogen) atoms. The Morgan fingerprint density at radius 1 is 1.03 bits per heavy atom. The van der Waals surface area contributed by atoms with Crippen molar-refractivity contribution < 1.29 is 13.2 Å². The largest absolute Gasteiger partial charge is 0.302 e. The number of anilines is 1. The molecule has 1 aromatic heterocycles. The van der Waals surface area contributed by atoms with Crippen molar-refractivity contribution in [3.8, 4) is 0 Å². The number of rotatable bonds is 10. The molecule has 1 amide bonds. The summed E-state index contributed by atoms with van der Waals surface area (Å²) in [5.74, 6) is -0.509. The number of thiazole rings is 1. The van der Waals surface area contributed by atoms with Gasteiger partial charge in [-0.2, -0.15) is 0 Å². The van der Waals surface area contributed by atoms with Crippen LogP contribution in [-0.4, -0.2) is 56.1 Å². The first-order valence-corrected chi connectivity index (χ1v) is 13.1. The molecule has 0 spiro atoms. The maximum atomic E-state index is 13.1. The Kier molecular flexibility index (Phi) is 9.91. The number of halogens is 2. The van der Waals surface area contributed by atoms with Crippen molar-refractivity contribution in [3.63, 3.8) is 0 Å². The number of sulfone groups is 1. The highest BCUT2D eigenvalue weighted by Gasteiger charge is 2.24. The van der Waals surface area contributed by atoms with Gasteiger partial charge in [0.15, 0.2) is 15.0 Å².